The van der Waals surface area contributed by atoms with Crippen LogP contribution < -0.4 is 0 Å². The zero-order valence-electron chi connectivity index (χ0n) is 16.3. The van der Waals surface area contributed by atoms with Crippen molar-refractivity contribution in [2.75, 3.05) is 13.2 Å². The Kier molecular flexibility index (Phi) is 7.89. The molecule has 3 heteroatoms. The van der Waals surface area contributed by atoms with Gasteiger partial charge < -0.3 is 9.47 Å². The first-order valence-electron chi connectivity index (χ1n) is 8.82. The smallest absolute Gasteiger partial charge is 0.157 e. The quantitative estimate of drug-likeness (QED) is 0.547. The van der Waals surface area contributed by atoms with E-state index in [0.29, 0.717) is 0 Å². The van der Waals surface area contributed by atoms with Crippen molar-refractivity contribution < 1.29 is 9.47 Å². The number of allylic oxidation sites excluding steroid dienone is 2. The van der Waals surface area contributed by atoms with E-state index in [0.717, 1.165) is 26.1 Å². The highest BCUT2D eigenvalue weighted by molar-refractivity contribution is 8.06. The van der Waals surface area contributed by atoms with Gasteiger partial charge in [0.25, 0.3) is 0 Å². The first-order chi connectivity index (χ1) is 10.5. The Morgan fingerprint density at radius 2 is 1.78 bits per heavy atom. The predicted molar refractivity (Wildman–Crippen MR) is 103 cm³/mol. The topological polar surface area (TPSA) is 18.5 Å². The second-order valence-corrected chi connectivity index (χ2v) is 9.66. The fourth-order valence-electron chi connectivity index (χ4n) is 2.46. The minimum atomic E-state index is 0.00632. The van der Waals surface area contributed by atoms with Gasteiger partial charge in [-0.25, -0.2) is 0 Å². The lowest BCUT2D eigenvalue weighted by Gasteiger charge is -2.30. The maximum Gasteiger partial charge on any atom is 0.157 e. The van der Waals surface area contributed by atoms with E-state index in [1.807, 2.05) is 11.8 Å². The van der Waals surface area contributed by atoms with Crippen LogP contribution in [-0.4, -0.2) is 19.5 Å². The molecule has 1 rings (SSSR count). The van der Waals surface area contributed by atoms with Gasteiger partial charge in [-0.05, 0) is 53.2 Å². The second kappa shape index (κ2) is 8.73. The van der Waals surface area contributed by atoms with Gasteiger partial charge in [-0.1, -0.05) is 65.5 Å². The molecule has 1 aliphatic rings. The largest absolute Gasteiger partial charge is 0.353 e. The summed E-state index contributed by atoms with van der Waals surface area (Å²) in [5.74, 6) is 0. The highest BCUT2D eigenvalue weighted by Crippen LogP contribution is 2.46. The van der Waals surface area contributed by atoms with Crippen LogP contribution in [0.3, 0.4) is 0 Å². The fourth-order valence-corrected chi connectivity index (χ4v) is 3.59. The van der Waals surface area contributed by atoms with Crippen molar-refractivity contribution in [1.82, 2.24) is 0 Å². The van der Waals surface area contributed by atoms with E-state index in [2.05, 4.69) is 55.0 Å². The van der Waals surface area contributed by atoms with E-state index in [-0.39, 0.29) is 17.1 Å². The first-order valence-corrected chi connectivity index (χ1v) is 9.64. The molecule has 23 heavy (non-hydrogen) atoms. The number of ether oxygens (including phenoxy) is 2. The summed E-state index contributed by atoms with van der Waals surface area (Å²) >= 11 is 1.85. The van der Waals surface area contributed by atoms with E-state index in [1.165, 1.54) is 28.2 Å². The molecule has 0 amide bonds. The first kappa shape index (κ1) is 20.8. The lowest BCUT2D eigenvalue weighted by atomic mass is 9.92. The van der Waals surface area contributed by atoms with Crippen LogP contribution in [0.15, 0.2) is 22.0 Å². The molecule has 0 saturated carbocycles. The van der Waals surface area contributed by atoms with Crippen molar-refractivity contribution in [2.24, 2.45) is 10.8 Å². The average Bonchev–Trinajstić information content (AvgIpc) is 2.43. The molecular weight excluding hydrogens is 304 g/mol. The summed E-state index contributed by atoms with van der Waals surface area (Å²) < 4.78 is 11.5. The van der Waals surface area contributed by atoms with Crippen LogP contribution in [-0.2, 0) is 9.47 Å². The minimum Gasteiger partial charge on any atom is -0.353 e. The van der Waals surface area contributed by atoms with Crippen LogP contribution in [0.5, 0.6) is 0 Å². The number of rotatable bonds is 6. The highest BCUT2D eigenvalue weighted by Gasteiger charge is 2.25. The van der Waals surface area contributed by atoms with Crippen LogP contribution in [0.2, 0.25) is 0 Å². The normalized spacial score (nSPS) is 21.1. The Morgan fingerprint density at radius 3 is 2.26 bits per heavy atom. The third-order valence-corrected chi connectivity index (χ3v) is 6.07. The van der Waals surface area contributed by atoms with Crippen molar-refractivity contribution in [1.29, 1.82) is 0 Å². The van der Waals surface area contributed by atoms with Gasteiger partial charge >= 0.3 is 0 Å². The predicted octanol–water partition coefficient (Wildman–Crippen LogP) is 6.53. The van der Waals surface area contributed by atoms with Gasteiger partial charge in [0.05, 0.1) is 6.61 Å². The zero-order valence-corrected chi connectivity index (χ0v) is 17.1. The second-order valence-electron chi connectivity index (χ2n) is 8.55. The monoisotopic (exact) mass is 340 g/mol. The van der Waals surface area contributed by atoms with Crippen LogP contribution in [0.4, 0.5) is 0 Å². The lowest BCUT2D eigenvalue weighted by molar-refractivity contribution is -0.161. The fraction of sp³-hybridized carbons (Fsp3) is 0.800. The molecule has 0 spiro atoms. The van der Waals surface area contributed by atoms with Crippen LogP contribution in [0.1, 0.15) is 74.1 Å². The molecule has 1 heterocycles. The zero-order chi connectivity index (χ0) is 17.7. The summed E-state index contributed by atoms with van der Waals surface area (Å²) in [7, 11) is 0. The standard InChI is InChI=1S/C20H36O2S/c1-15(12-14-22-17-11-9-10-13-21-17)18(20(6,7)8)23-16(2)19(3,4)5/h17H,2,9-14H2,1,3-8H3/b18-15+. The van der Waals surface area contributed by atoms with Gasteiger partial charge in [0, 0.05) is 6.61 Å². The maximum absolute atomic E-state index is 5.90. The molecule has 0 N–H and O–H groups in total. The van der Waals surface area contributed by atoms with Gasteiger partial charge in [-0.2, -0.15) is 0 Å². The summed E-state index contributed by atoms with van der Waals surface area (Å²) in [5.41, 5.74) is 1.65. The maximum atomic E-state index is 5.90. The van der Waals surface area contributed by atoms with E-state index in [9.17, 15) is 0 Å². The van der Waals surface area contributed by atoms with Gasteiger partial charge in [-0.15, -0.1) is 0 Å². The summed E-state index contributed by atoms with van der Waals surface area (Å²) in [6.45, 7) is 21.6. The summed E-state index contributed by atoms with van der Waals surface area (Å²) in [4.78, 5) is 2.64. The van der Waals surface area contributed by atoms with E-state index in [4.69, 9.17) is 9.47 Å². The Hall–Kier alpha value is -0.250. The van der Waals surface area contributed by atoms with Gasteiger partial charge in [0.15, 0.2) is 6.29 Å². The lowest BCUT2D eigenvalue weighted by Crippen LogP contribution is -2.23. The minimum absolute atomic E-state index is 0.00632. The number of thioether (sulfide) groups is 1. The van der Waals surface area contributed by atoms with E-state index in [1.54, 1.807) is 0 Å². The molecule has 0 aromatic rings. The van der Waals surface area contributed by atoms with Crippen molar-refractivity contribution in [3.05, 3.63) is 22.0 Å². The Bertz CT molecular complexity index is 418. The van der Waals surface area contributed by atoms with Crippen LogP contribution in [0, 0.1) is 10.8 Å². The van der Waals surface area contributed by atoms with Crippen molar-refractivity contribution in [3.8, 4) is 0 Å². The van der Waals surface area contributed by atoms with Gasteiger partial charge in [0.1, 0.15) is 0 Å². The Morgan fingerprint density at radius 1 is 1.13 bits per heavy atom. The summed E-state index contributed by atoms with van der Waals surface area (Å²) in [5, 5.41) is 0. The Labute approximate surface area is 148 Å². The van der Waals surface area contributed by atoms with E-state index >= 15 is 0 Å². The molecule has 0 aliphatic carbocycles. The van der Waals surface area contributed by atoms with Crippen molar-refractivity contribution in [2.45, 2.75) is 80.4 Å². The average molecular weight is 341 g/mol. The molecule has 0 radical (unpaired) electrons. The third kappa shape index (κ3) is 7.45. The molecule has 134 valence electrons. The molecule has 1 aliphatic heterocycles. The van der Waals surface area contributed by atoms with Crippen molar-refractivity contribution >= 4 is 11.8 Å². The summed E-state index contributed by atoms with van der Waals surface area (Å²) in [6, 6.07) is 0. The molecule has 1 saturated heterocycles. The molecule has 0 aromatic carbocycles. The Balaban J connectivity index is 2.66. The molecular formula is C20H36O2S. The number of hydrogen-bond acceptors (Lipinski definition) is 3. The molecule has 0 aromatic heterocycles. The van der Waals surface area contributed by atoms with Crippen LogP contribution >= 0.6 is 11.8 Å². The number of hydrogen-bond donors (Lipinski definition) is 0. The van der Waals surface area contributed by atoms with E-state index < -0.39 is 0 Å². The third-order valence-electron chi connectivity index (χ3n) is 4.05. The van der Waals surface area contributed by atoms with Crippen LogP contribution in [0.25, 0.3) is 0 Å². The molecule has 1 unspecified atom stereocenters. The SMILES string of the molecule is C=C(S/C(=C(\C)CCOC1CCCCO1)C(C)(C)C)C(C)(C)C. The van der Waals surface area contributed by atoms with Crippen molar-refractivity contribution in [3.63, 3.8) is 0 Å². The molecule has 1 fully saturated rings. The molecule has 1 atom stereocenters. The molecule has 2 nitrogen and oxygen atoms in total. The van der Waals surface area contributed by atoms with Gasteiger partial charge in [0.2, 0.25) is 0 Å². The summed E-state index contributed by atoms with van der Waals surface area (Å²) in [6.07, 6.45) is 4.38. The van der Waals surface area contributed by atoms with Gasteiger partial charge in [-0.3, -0.25) is 0 Å². The highest BCUT2D eigenvalue weighted by atomic mass is 32.2. The molecule has 0 bridgehead atoms.